The van der Waals surface area contributed by atoms with Crippen LogP contribution in [0.25, 0.3) is 0 Å². The Hall–Kier alpha value is -0.0700. The van der Waals surface area contributed by atoms with Crippen molar-refractivity contribution in [1.82, 2.24) is 0 Å². The molecule has 2 N–H and O–H groups in total. The van der Waals surface area contributed by atoms with Crippen LogP contribution in [0.3, 0.4) is 0 Å². The van der Waals surface area contributed by atoms with E-state index in [1.165, 1.54) is 12.1 Å². The summed E-state index contributed by atoms with van der Waals surface area (Å²) in [6, 6.07) is 8.06. The molecule has 61 valence electrons. The number of para-hydroxylation sites is 1. The van der Waals surface area contributed by atoms with Gasteiger partial charge in [-0.3, -0.25) is 0 Å². The molecule has 0 amide bonds. The van der Waals surface area contributed by atoms with Crippen molar-refractivity contribution in [2.24, 2.45) is 5.14 Å². The molecule has 0 spiro atoms. The average molecular weight is 196 g/mol. The molecule has 6 heteroatoms. The van der Waals surface area contributed by atoms with E-state index in [9.17, 15) is 8.42 Å². The number of benzene rings is 1. The van der Waals surface area contributed by atoms with Crippen LogP contribution in [0.4, 0.5) is 0 Å². The Morgan fingerprint density at radius 1 is 1.17 bits per heavy atom. The topological polar surface area (TPSA) is 69.4 Å². The summed E-state index contributed by atoms with van der Waals surface area (Å²) in [5.74, 6) is 0.218. The molecule has 0 saturated carbocycles. The van der Waals surface area contributed by atoms with Crippen LogP contribution >= 0.6 is 0 Å². The van der Waals surface area contributed by atoms with Gasteiger partial charge >= 0.3 is 10.3 Å². The predicted octanol–water partition coefficient (Wildman–Crippen LogP) is -0.112. The molecule has 1 radical (unpaired) electrons. The average Bonchev–Trinajstić information content (AvgIpc) is 1.85. The van der Waals surface area contributed by atoms with E-state index in [-0.39, 0.29) is 35.3 Å². The molecule has 0 atom stereocenters. The molecule has 1 rings (SSSR count). The maximum Gasteiger partial charge on any atom is 0.380 e. The maximum absolute atomic E-state index is 10.4. The molecule has 4 nitrogen and oxygen atoms in total. The van der Waals surface area contributed by atoms with Gasteiger partial charge in [-0.2, -0.15) is 13.6 Å². The molecule has 0 unspecified atom stereocenters. The van der Waals surface area contributed by atoms with Gasteiger partial charge in [0.15, 0.2) is 0 Å². The zero-order valence-electron chi connectivity index (χ0n) is 6.60. The Kier molecular flexibility index (Phi) is 4.81. The number of nitrogens with two attached hydrogens (primary N) is 1. The van der Waals surface area contributed by atoms with Crippen molar-refractivity contribution in [3.63, 3.8) is 0 Å². The predicted molar refractivity (Wildman–Crippen MR) is 45.9 cm³/mol. The monoisotopic (exact) mass is 196 g/mol. The fourth-order valence-electron chi connectivity index (χ4n) is 0.610. The van der Waals surface area contributed by atoms with Crippen LogP contribution in [0, 0.1) is 0 Å². The molecule has 0 heterocycles. The first kappa shape index (κ1) is 11.9. The van der Waals surface area contributed by atoms with Gasteiger partial charge in [0.2, 0.25) is 0 Å². The van der Waals surface area contributed by atoms with Crippen molar-refractivity contribution in [2.75, 3.05) is 0 Å². The van der Waals surface area contributed by atoms with E-state index in [1.54, 1.807) is 18.2 Å². The van der Waals surface area contributed by atoms with E-state index in [0.29, 0.717) is 0 Å². The SMILES string of the molecule is NS(=O)(=O)Oc1ccccc1.[Na]. The van der Waals surface area contributed by atoms with Gasteiger partial charge in [0.05, 0.1) is 0 Å². The molecule has 0 fully saturated rings. The first-order valence-electron chi connectivity index (χ1n) is 2.85. The van der Waals surface area contributed by atoms with Crippen LogP contribution in [0.5, 0.6) is 5.75 Å². The minimum absolute atomic E-state index is 0. The smallest absolute Gasteiger partial charge is 0.371 e. The fraction of sp³-hybridized carbons (Fsp3) is 0. The third kappa shape index (κ3) is 4.74. The molecular weight excluding hydrogens is 189 g/mol. The van der Waals surface area contributed by atoms with Crippen molar-refractivity contribution < 1.29 is 12.6 Å². The summed E-state index contributed by atoms with van der Waals surface area (Å²) in [6.45, 7) is 0. The van der Waals surface area contributed by atoms with E-state index in [0.717, 1.165) is 0 Å². The second-order valence-electron chi connectivity index (χ2n) is 1.89. The van der Waals surface area contributed by atoms with Crippen molar-refractivity contribution in [3.8, 4) is 5.75 Å². The molecule has 0 aliphatic rings. The van der Waals surface area contributed by atoms with Crippen molar-refractivity contribution in [3.05, 3.63) is 30.3 Å². The van der Waals surface area contributed by atoms with Gasteiger partial charge in [-0.15, -0.1) is 0 Å². The van der Waals surface area contributed by atoms with Gasteiger partial charge in [0, 0.05) is 29.6 Å². The molecule has 0 saturated heterocycles. The van der Waals surface area contributed by atoms with Gasteiger partial charge in [0.25, 0.3) is 0 Å². The summed E-state index contributed by atoms with van der Waals surface area (Å²) in [4.78, 5) is 0. The number of hydrogen-bond acceptors (Lipinski definition) is 3. The summed E-state index contributed by atoms with van der Waals surface area (Å²) in [5, 5.41) is 4.62. The van der Waals surface area contributed by atoms with Crippen LogP contribution in [-0.2, 0) is 10.3 Å². The second-order valence-corrected chi connectivity index (χ2v) is 3.04. The zero-order chi connectivity index (χ0) is 8.32. The third-order valence-corrected chi connectivity index (χ3v) is 1.38. The molecule has 12 heavy (non-hydrogen) atoms. The van der Waals surface area contributed by atoms with Crippen LogP contribution in [-0.4, -0.2) is 38.0 Å². The molecule has 0 aromatic heterocycles. The van der Waals surface area contributed by atoms with Gasteiger partial charge < -0.3 is 4.18 Å². The summed E-state index contributed by atoms with van der Waals surface area (Å²) in [5.41, 5.74) is 0. The summed E-state index contributed by atoms with van der Waals surface area (Å²) < 4.78 is 25.1. The first-order chi connectivity index (χ1) is 5.08. The molecule has 1 aromatic carbocycles. The second kappa shape index (κ2) is 4.84. The van der Waals surface area contributed by atoms with Crippen molar-refractivity contribution in [2.45, 2.75) is 0 Å². The van der Waals surface area contributed by atoms with Crippen LogP contribution < -0.4 is 9.32 Å². The normalized spacial score (nSPS) is 10.1. The number of rotatable bonds is 2. The molecule has 1 aromatic rings. The minimum Gasteiger partial charge on any atom is -0.371 e. The summed E-state index contributed by atoms with van der Waals surface area (Å²) >= 11 is 0. The largest absolute Gasteiger partial charge is 0.380 e. The van der Waals surface area contributed by atoms with E-state index in [1.807, 2.05) is 0 Å². The van der Waals surface area contributed by atoms with Crippen molar-refractivity contribution >= 4 is 39.9 Å². The van der Waals surface area contributed by atoms with E-state index in [2.05, 4.69) is 9.32 Å². The zero-order valence-corrected chi connectivity index (χ0v) is 9.41. The standard InChI is InChI=1S/C6H7NO3S.Na/c7-11(8,9)10-6-4-2-1-3-5-6;/h1-5H,(H2,7,8,9);. The molecule has 0 aliphatic carbocycles. The van der Waals surface area contributed by atoms with Crippen molar-refractivity contribution in [1.29, 1.82) is 0 Å². The molecule has 0 aliphatic heterocycles. The Balaban J connectivity index is 0.00000121. The van der Waals surface area contributed by atoms with Gasteiger partial charge in [-0.05, 0) is 12.1 Å². The van der Waals surface area contributed by atoms with Gasteiger partial charge in [-0.25, -0.2) is 0 Å². The number of hydrogen-bond donors (Lipinski definition) is 1. The van der Waals surface area contributed by atoms with Gasteiger partial charge in [0.1, 0.15) is 5.75 Å². The molecule has 0 bridgehead atoms. The van der Waals surface area contributed by atoms with E-state index < -0.39 is 10.3 Å². The third-order valence-electron chi connectivity index (χ3n) is 0.956. The quantitative estimate of drug-likeness (QED) is 0.671. The van der Waals surface area contributed by atoms with Crippen LogP contribution in [0.2, 0.25) is 0 Å². The Labute approximate surface area is 93.3 Å². The fourth-order valence-corrected chi connectivity index (χ4v) is 0.990. The Morgan fingerprint density at radius 3 is 2.08 bits per heavy atom. The molecular formula is C6H7NNaO3S. The summed E-state index contributed by atoms with van der Waals surface area (Å²) in [6.07, 6.45) is 0. The summed E-state index contributed by atoms with van der Waals surface area (Å²) in [7, 11) is -3.88. The Bertz CT molecular complexity index is 324. The Morgan fingerprint density at radius 2 is 1.67 bits per heavy atom. The van der Waals surface area contributed by atoms with E-state index in [4.69, 9.17) is 0 Å². The minimum atomic E-state index is -3.88. The van der Waals surface area contributed by atoms with E-state index >= 15 is 0 Å². The first-order valence-corrected chi connectivity index (χ1v) is 4.32. The van der Waals surface area contributed by atoms with Crippen LogP contribution in [0.1, 0.15) is 0 Å². The van der Waals surface area contributed by atoms with Gasteiger partial charge in [-0.1, -0.05) is 18.2 Å². The maximum atomic E-state index is 10.4. The van der Waals surface area contributed by atoms with Crippen LogP contribution in [0.15, 0.2) is 30.3 Å².